The van der Waals surface area contributed by atoms with Gasteiger partial charge in [0.05, 0.1) is 4.90 Å². The van der Waals surface area contributed by atoms with Crippen LogP contribution in [0.3, 0.4) is 0 Å². The molecule has 2 aliphatic rings. The number of aryl methyl sites for hydroxylation is 1. The van der Waals surface area contributed by atoms with Crippen molar-refractivity contribution in [1.82, 2.24) is 9.88 Å². The van der Waals surface area contributed by atoms with E-state index in [0.29, 0.717) is 10.8 Å². The SMILES string of the molecule is CS(=O)(=O)c1ccc2c3c([nH]c2c1)CCC(CN1CC=C(c2ccccc2)CC1)C3. The molecule has 0 saturated heterocycles. The highest BCUT2D eigenvalue weighted by molar-refractivity contribution is 7.90. The Morgan fingerprint density at radius 3 is 2.67 bits per heavy atom. The van der Waals surface area contributed by atoms with Crippen LogP contribution in [0.4, 0.5) is 0 Å². The number of fused-ring (bicyclic) bond motifs is 3. The summed E-state index contributed by atoms with van der Waals surface area (Å²) >= 11 is 0. The van der Waals surface area contributed by atoms with Gasteiger partial charge >= 0.3 is 0 Å². The Hall–Kier alpha value is -2.37. The van der Waals surface area contributed by atoms with Crippen molar-refractivity contribution in [3.8, 4) is 0 Å². The van der Waals surface area contributed by atoms with Crippen LogP contribution in [0.2, 0.25) is 0 Å². The topological polar surface area (TPSA) is 53.2 Å². The Balaban J connectivity index is 1.29. The lowest BCUT2D eigenvalue weighted by Crippen LogP contribution is -2.35. The highest BCUT2D eigenvalue weighted by Crippen LogP contribution is 2.33. The maximum Gasteiger partial charge on any atom is 0.175 e. The van der Waals surface area contributed by atoms with Crippen molar-refractivity contribution < 1.29 is 8.42 Å². The lowest BCUT2D eigenvalue weighted by molar-refractivity contribution is 0.238. The zero-order valence-corrected chi connectivity index (χ0v) is 18.2. The molecule has 2 aromatic carbocycles. The third-order valence-electron chi connectivity index (χ3n) is 6.64. The summed E-state index contributed by atoms with van der Waals surface area (Å²) in [5, 5.41) is 1.19. The molecule has 0 amide bonds. The summed E-state index contributed by atoms with van der Waals surface area (Å²) in [5.74, 6) is 0.651. The average molecular weight is 421 g/mol. The van der Waals surface area contributed by atoms with Gasteiger partial charge in [0.1, 0.15) is 0 Å². The van der Waals surface area contributed by atoms with Crippen LogP contribution < -0.4 is 0 Å². The first-order valence-electron chi connectivity index (χ1n) is 10.8. The molecule has 156 valence electrons. The predicted molar refractivity (Wildman–Crippen MR) is 122 cm³/mol. The van der Waals surface area contributed by atoms with Gasteiger partial charge in [-0.25, -0.2) is 8.42 Å². The van der Waals surface area contributed by atoms with Crippen molar-refractivity contribution in [3.05, 3.63) is 71.4 Å². The van der Waals surface area contributed by atoms with Crippen LogP contribution in [-0.4, -0.2) is 44.2 Å². The molecule has 3 aromatic rings. The molecule has 0 fully saturated rings. The Kier molecular flexibility index (Phi) is 5.03. The lowest BCUT2D eigenvalue weighted by atomic mass is 9.85. The molecule has 0 radical (unpaired) electrons. The summed E-state index contributed by atoms with van der Waals surface area (Å²) < 4.78 is 23.8. The zero-order chi connectivity index (χ0) is 20.7. The first-order chi connectivity index (χ1) is 14.5. The van der Waals surface area contributed by atoms with E-state index in [-0.39, 0.29) is 0 Å². The molecule has 30 heavy (non-hydrogen) atoms. The minimum atomic E-state index is -3.18. The molecule has 1 N–H and O–H groups in total. The van der Waals surface area contributed by atoms with Crippen molar-refractivity contribution in [2.45, 2.75) is 30.6 Å². The number of hydrogen-bond donors (Lipinski definition) is 1. The Morgan fingerprint density at radius 1 is 1.10 bits per heavy atom. The van der Waals surface area contributed by atoms with Crippen molar-refractivity contribution in [2.24, 2.45) is 5.92 Å². The van der Waals surface area contributed by atoms with Crippen molar-refractivity contribution in [1.29, 1.82) is 0 Å². The summed E-state index contributed by atoms with van der Waals surface area (Å²) in [7, 11) is -3.18. The van der Waals surface area contributed by atoms with Gasteiger partial charge in [0.25, 0.3) is 0 Å². The van der Waals surface area contributed by atoms with E-state index in [2.05, 4.69) is 46.3 Å². The summed E-state index contributed by atoms with van der Waals surface area (Å²) in [6.07, 6.45) is 8.07. The monoisotopic (exact) mass is 420 g/mol. The van der Waals surface area contributed by atoms with Crippen molar-refractivity contribution in [3.63, 3.8) is 0 Å². The second-order valence-electron chi connectivity index (χ2n) is 8.78. The Bertz CT molecular complexity index is 1210. The zero-order valence-electron chi connectivity index (χ0n) is 17.4. The molecule has 4 nitrogen and oxygen atoms in total. The van der Waals surface area contributed by atoms with E-state index in [4.69, 9.17) is 0 Å². The normalized spacial score (nSPS) is 20.2. The van der Waals surface area contributed by atoms with Crippen LogP contribution in [0.1, 0.15) is 29.7 Å². The summed E-state index contributed by atoms with van der Waals surface area (Å²) in [5.41, 5.74) is 6.45. The van der Waals surface area contributed by atoms with Gasteiger partial charge in [-0.2, -0.15) is 0 Å². The van der Waals surface area contributed by atoms with E-state index >= 15 is 0 Å². The summed E-state index contributed by atoms with van der Waals surface area (Å²) in [4.78, 5) is 6.46. The van der Waals surface area contributed by atoms with Gasteiger partial charge in [-0.3, -0.25) is 4.90 Å². The van der Waals surface area contributed by atoms with Crippen LogP contribution in [0.15, 0.2) is 59.5 Å². The van der Waals surface area contributed by atoms with Gasteiger partial charge in [0, 0.05) is 42.5 Å². The maximum atomic E-state index is 11.9. The van der Waals surface area contributed by atoms with Crippen LogP contribution >= 0.6 is 0 Å². The largest absolute Gasteiger partial charge is 0.358 e. The van der Waals surface area contributed by atoms with Crippen molar-refractivity contribution >= 4 is 26.3 Å². The second kappa shape index (κ2) is 7.71. The van der Waals surface area contributed by atoms with E-state index in [9.17, 15) is 8.42 Å². The fourth-order valence-electron chi connectivity index (χ4n) is 5.02. The van der Waals surface area contributed by atoms with Crippen LogP contribution in [0.5, 0.6) is 0 Å². The highest BCUT2D eigenvalue weighted by Gasteiger charge is 2.25. The summed E-state index contributed by atoms with van der Waals surface area (Å²) in [6.45, 7) is 3.28. The van der Waals surface area contributed by atoms with E-state index < -0.39 is 9.84 Å². The number of benzene rings is 2. The number of aromatic nitrogens is 1. The minimum Gasteiger partial charge on any atom is -0.358 e. The van der Waals surface area contributed by atoms with Crippen molar-refractivity contribution in [2.75, 3.05) is 25.9 Å². The number of aromatic amines is 1. The fraction of sp³-hybridized carbons (Fsp3) is 0.360. The van der Waals surface area contributed by atoms with Gasteiger partial charge in [-0.15, -0.1) is 0 Å². The molecule has 1 atom stereocenters. The van der Waals surface area contributed by atoms with Crippen LogP contribution in [0, 0.1) is 5.92 Å². The third-order valence-corrected chi connectivity index (χ3v) is 7.75. The molecule has 0 saturated carbocycles. The fourth-order valence-corrected chi connectivity index (χ4v) is 5.67. The molecule has 5 heteroatoms. The first kappa shape index (κ1) is 19.6. The molecule has 1 unspecified atom stereocenters. The number of nitrogens with one attached hydrogen (secondary N) is 1. The molecule has 1 aliphatic carbocycles. The number of nitrogens with zero attached hydrogens (tertiary/aromatic N) is 1. The molecular weight excluding hydrogens is 392 g/mol. The molecule has 0 spiro atoms. The quantitative estimate of drug-likeness (QED) is 0.678. The van der Waals surface area contributed by atoms with Crippen LogP contribution in [-0.2, 0) is 22.7 Å². The van der Waals surface area contributed by atoms with Gasteiger partial charge in [-0.05, 0) is 60.4 Å². The molecule has 1 aliphatic heterocycles. The minimum absolute atomic E-state index is 0.388. The number of rotatable bonds is 4. The molecule has 1 aromatic heterocycles. The average Bonchev–Trinajstić information content (AvgIpc) is 3.12. The van der Waals surface area contributed by atoms with Gasteiger partial charge in [0.15, 0.2) is 9.84 Å². The van der Waals surface area contributed by atoms with Gasteiger partial charge in [-0.1, -0.05) is 42.5 Å². The number of H-pyrrole nitrogens is 1. The second-order valence-corrected chi connectivity index (χ2v) is 10.8. The van der Waals surface area contributed by atoms with E-state index in [0.717, 1.165) is 44.4 Å². The van der Waals surface area contributed by atoms with Gasteiger partial charge in [0.2, 0.25) is 0 Å². The highest BCUT2D eigenvalue weighted by atomic mass is 32.2. The maximum absolute atomic E-state index is 11.9. The molecular formula is C25H28N2O2S. The van der Waals surface area contributed by atoms with E-state index in [1.807, 2.05) is 6.07 Å². The van der Waals surface area contributed by atoms with E-state index in [1.54, 1.807) is 12.1 Å². The standard InChI is InChI=1S/C25H28N2O2S/c1-30(28,29)21-8-9-22-23-15-18(7-10-24(23)26-25(22)16-21)17-27-13-11-20(12-14-27)19-5-3-2-4-6-19/h2-6,8-9,11,16,18,26H,7,10,12-15,17H2,1H3. The predicted octanol–water partition coefficient (Wildman–Crippen LogP) is 4.47. The molecule has 5 rings (SSSR count). The molecule has 2 heterocycles. The van der Waals surface area contributed by atoms with E-state index in [1.165, 1.54) is 40.5 Å². The Morgan fingerprint density at radius 2 is 1.93 bits per heavy atom. The third kappa shape index (κ3) is 3.84. The molecule has 0 bridgehead atoms. The number of hydrogen-bond acceptors (Lipinski definition) is 3. The number of sulfone groups is 1. The lowest BCUT2D eigenvalue weighted by Gasteiger charge is -2.32. The van der Waals surface area contributed by atoms with Crippen LogP contribution in [0.25, 0.3) is 16.5 Å². The summed E-state index contributed by atoms with van der Waals surface area (Å²) in [6, 6.07) is 16.2. The van der Waals surface area contributed by atoms with Gasteiger partial charge < -0.3 is 4.98 Å². The Labute approximate surface area is 178 Å². The smallest absolute Gasteiger partial charge is 0.175 e. The first-order valence-corrected chi connectivity index (χ1v) is 12.7.